The molecule has 2 aromatic carbocycles. The van der Waals surface area contributed by atoms with Gasteiger partial charge in [0.05, 0.1) is 6.21 Å². The number of hydrogen-bond donors (Lipinski definition) is 2. The summed E-state index contributed by atoms with van der Waals surface area (Å²) in [4.78, 5) is 24.4. The number of carbonyl (C=O) groups is 2. The second kappa shape index (κ2) is 9.52. The smallest absolute Gasteiger partial charge is 0.240 e. The van der Waals surface area contributed by atoms with Crippen molar-refractivity contribution in [1.29, 1.82) is 0 Å². The molecule has 1 atom stereocenters. The Kier molecular flexibility index (Phi) is 6.84. The van der Waals surface area contributed by atoms with Gasteiger partial charge in [0.15, 0.2) is 5.17 Å². The Balaban J connectivity index is 1.56. The van der Waals surface area contributed by atoms with Gasteiger partial charge in [0.2, 0.25) is 11.8 Å². The first kappa shape index (κ1) is 20.1. The number of hydrogen-bond acceptors (Lipinski definition) is 5. The third-order valence-electron chi connectivity index (χ3n) is 4.04. The Morgan fingerprint density at radius 1 is 1.25 bits per heavy atom. The first-order chi connectivity index (χ1) is 13.5. The van der Waals surface area contributed by atoms with Crippen LogP contribution in [-0.2, 0) is 16.0 Å². The quantitative estimate of drug-likeness (QED) is 0.556. The van der Waals surface area contributed by atoms with Crippen LogP contribution in [-0.4, -0.2) is 28.4 Å². The third-order valence-corrected chi connectivity index (χ3v) is 5.37. The zero-order valence-corrected chi connectivity index (χ0v) is 16.8. The number of benzene rings is 2. The largest absolute Gasteiger partial charge is 0.326 e. The number of nitrogens with one attached hydrogen (secondary N) is 2. The molecule has 6 nitrogen and oxygen atoms in total. The fourth-order valence-corrected chi connectivity index (χ4v) is 3.65. The van der Waals surface area contributed by atoms with Crippen LogP contribution >= 0.6 is 23.4 Å². The maximum atomic E-state index is 12.3. The molecule has 3 rings (SSSR count). The molecule has 0 bridgehead atoms. The normalized spacial score (nSPS) is 17.9. The number of aryl methyl sites for hydroxylation is 1. The molecule has 0 saturated carbocycles. The van der Waals surface area contributed by atoms with E-state index in [4.69, 9.17) is 11.6 Å². The van der Waals surface area contributed by atoms with E-state index in [0.29, 0.717) is 10.2 Å². The van der Waals surface area contributed by atoms with Gasteiger partial charge < -0.3 is 10.6 Å². The highest BCUT2D eigenvalue weighted by Gasteiger charge is 2.32. The van der Waals surface area contributed by atoms with Gasteiger partial charge in [0, 0.05) is 17.1 Å². The fourth-order valence-electron chi connectivity index (χ4n) is 2.60. The summed E-state index contributed by atoms with van der Waals surface area (Å²) in [7, 11) is 0. The summed E-state index contributed by atoms with van der Waals surface area (Å²) in [6.45, 7) is 2.03. The number of para-hydroxylation sites is 1. The van der Waals surface area contributed by atoms with Gasteiger partial charge in [-0.15, -0.1) is 5.10 Å². The molecule has 144 valence electrons. The van der Waals surface area contributed by atoms with Crippen LogP contribution in [0.2, 0.25) is 5.02 Å². The van der Waals surface area contributed by atoms with Crippen LogP contribution in [0.1, 0.15) is 24.5 Å². The minimum absolute atomic E-state index is 0.0640. The Hall–Kier alpha value is -2.64. The third kappa shape index (κ3) is 5.43. The van der Waals surface area contributed by atoms with E-state index in [0.717, 1.165) is 23.2 Å². The van der Waals surface area contributed by atoms with Gasteiger partial charge >= 0.3 is 0 Å². The molecule has 8 heteroatoms. The van der Waals surface area contributed by atoms with Gasteiger partial charge in [-0.05, 0) is 35.7 Å². The van der Waals surface area contributed by atoms with Crippen molar-refractivity contribution in [2.24, 2.45) is 10.2 Å². The van der Waals surface area contributed by atoms with Crippen LogP contribution in [0.5, 0.6) is 0 Å². The average molecular weight is 415 g/mol. The molecule has 0 aliphatic carbocycles. The Labute approximate surface area is 172 Å². The lowest BCUT2D eigenvalue weighted by Gasteiger charge is -2.10. The minimum Gasteiger partial charge on any atom is -0.326 e. The molecular formula is C20H19ClN4O2S. The van der Waals surface area contributed by atoms with Crippen molar-refractivity contribution in [2.45, 2.75) is 25.0 Å². The molecule has 1 saturated heterocycles. The number of nitrogens with zero attached hydrogens (tertiary/aromatic N) is 2. The van der Waals surface area contributed by atoms with E-state index >= 15 is 0 Å². The molecule has 0 aromatic heterocycles. The lowest BCUT2D eigenvalue weighted by atomic mass is 10.1. The number of carbonyl (C=O) groups excluding carboxylic acids is 2. The monoisotopic (exact) mass is 414 g/mol. The van der Waals surface area contributed by atoms with E-state index in [1.54, 1.807) is 18.3 Å². The predicted octanol–water partition coefficient (Wildman–Crippen LogP) is 3.85. The number of amidine groups is 1. The summed E-state index contributed by atoms with van der Waals surface area (Å²) in [5.41, 5.74) is 2.67. The second-order valence-corrected chi connectivity index (χ2v) is 7.69. The molecule has 1 fully saturated rings. The van der Waals surface area contributed by atoms with Crippen molar-refractivity contribution in [3.8, 4) is 0 Å². The molecular weight excluding hydrogens is 396 g/mol. The number of anilines is 1. The Bertz CT molecular complexity index is 928. The van der Waals surface area contributed by atoms with Gasteiger partial charge in [-0.25, -0.2) is 0 Å². The van der Waals surface area contributed by atoms with Gasteiger partial charge in [0.25, 0.3) is 0 Å². The number of thioether (sulfide) groups is 1. The second-order valence-electron chi connectivity index (χ2n) is 6.06. The van der Waals surface area contributed by atoms with E-state index < -0.39 is 5.25 Å². The van der Waals surface area contributed by atoms with E-state index in [9.17, 15) is 9.59 Å². The topological polar surface area (TPSA) is 82.9 Å². The zero-order valence-electron chi connectivity index (χ0n) is 15.2. The van der Waals surface area contributed by atoms with Crippen LogP contribution in [0.15, 0.2) is 58.7 Å². The van der Waals surface area contributed by atoms with E-state index in [1.807, 2.05) is 43.3 Å². The summed E-state index contributed by atoms with van der Waals surface area (Å²) in [5.74, 6) is -0.455. The minimum atomic E-state index is -0.529. The number of rotatable bonds is 6. The van der Waals surface area contributed by atoms with Gasteiger partial charge in [-0.1, -0.05) is 60.6 Å². The molecule has 2 N–H and O–H groups in total. The average Bonchev–Trinajstić information content (AvgIpc) is 3.03. The van der Waals surface area contributed by atoms with Crippen molar-refractivity contribution in [3.05, 3.63) is 64.7 Å². The van der Waals surface area contributed by atoms with Gasteiger partial charge in [-0.2, -0.15) is 5.10 Å². The summed E-state index contributed by atoms with van der Waals surface area (Å²) in [5, 5.41) is 14.0. The maximum absolute atomic E-state index is 12.3. The van der Waals surface area contributed by atoms with Crippen molar-refractivity contribution < 1.29 is 9.59 Å². The first-order valence-electron chi connectivity index (χ1n) is 8.77. The van der Waals surface area contributed by atoms with Crippen LogP contribution in [0.3, 0.4) is 0 Å². The molecule has 1 aliphatic heterocycles. The lowest BCUT2D eigenvalue weighted by molar-refractivity contribution is -0.122. The van der Waals surface area contributed by atoms with E-state index in [-0.39, 0.29) is 18.2 Å². The van der Waals surface area contributed by atoms with Crippen LogP contribution in [0.25, 0.3) is 0 Å². The highest BCUT2D eigenvalue weighted by atomic mass is 35.5. The van der Waals surface area contributed by atoms with E-state index in [1.165, 1.54) is 11.8 Å². The Morgan fingerprint density at radius 3 is 2.75 bits per heavy atom. The summed E-state index contributed by atoms with van der Waals surface area (Å²) >= 11 is 7.03. The van der Waals surface area contributed by atoms with Gasteiger partial charge in [-0.3, -0.25) is 9.59 Å². The molecule has 1 unspecified atom stereocenters. The molecule has 1 heterocycles. The standard InChI is InChI=1S/C20H19ClN4O2S/c1-2-14-5-3-4-6-16(14)23-18(26)11-17-19(27)24-20(28-17)25-22-12-13-7-9-15(21)10-8-13/h3-10,12,17H,2,11H2,1H3,(H,23,26)(H,24,25,27). The lowest BCUT2D eigenvalue weighted by Crippen LogP contribution is -2.28. The van der Waals surface area contributed by atoms with Crippen molar-refractivity contribution in [1.82, 2.24) is 5.32 Å². The van der Waals surface area contributed by atoms with Gasteiger partial charge in [0.1, 0.15) is 5.25 Å². The van der Waals surface area contributed by atoms with Crippen molar-refractivity contribution in [3.63, 3.8) is 0 Å². The van der Waals surface area contributed by atoms with Crippen molar-refractivity contribution in [2.75, 3.05) is 5.32 Å². The summed E-state index contributed by atoms with van der Waals surface area (Å²) in [6.07, 6.45) is 2.45. The predicted molar refractivity (Wildman–Crippen MR) is 115 cm³/mol. The van der Waals surface area contributed by atoms with Crippen molar-refractivity contribution >= 4 is 52.2 Å². The molecule has 2 amide bonds. The number of amides is 2. The highest BCUT2D eigenvalue weighted by molar-refractivity contribution is 8.15. The molecule has 0 spiro atoms. The van der Waals surface area contributed by atoms with E-state index in [2.05, 4.69) is 20.8 Å². The summed E-state index contributed by atoms with van der Waals surface area (Å²) < 4.78 is 0. The highest BCUT2D eigenvalue weighted by Crippen LogP contribution is 2.24. The maximum Gasteiger partial charge on any atom is 0.240 e. The Morgan fingerprint density at radius 2 is 2.00 bits per heavy atom. The fraction of sp³-hybridized carbons (Fsp3) is 0.200. The molecule has 0 radical (unpaired) electrons. The van der Waals surface area contributed by atoms with Crippen LogP contribution < -0.4 is 10.6 Å². The number of halogens is 1. The first-order valence-corrected chi connectivity index (χ1v) is 10.0. The zero-order chi connectivity index (χ0) is 19.9. The van der Waals surface area contributed by atoms with Crippen LogP contribution in [0.4, 0.5) is 5.69 Å². The SMILES string of the molecule is CCc1ccccc1NC(=O)CC1SC(=NN=Cc2ccc(Cl)cc2)NC1=O. The molecule has 2 aromatic rings. The van der Waals surface area contributed by atoms with Crippen LogP contribution in [0, 0.1) is 0 Å². The molecule has 28 heavy (non-hydrogen) atoms. The summed E-state index contributed by atoms with van der Waals surface area (Å²) in [6, 6.07) is 14.8. The molecule has 1 aliphatic rings.